The minimum atomic E-state index is 0.724. The van der Waals surface area contributed by atoms with Crippen LogP contribution in [0.2, 0.25) is 0 Å². The molecule has 0 amide bonds. The molecule has 0 fully saturated rings. The first kappa shape index (κ1) is 11.2. The molecule has 0 bridgehead atoms. The molecule has 0 radical (unpaired) electrons. The van der Waals surface area contributed by atoms with Crippen LogP contribution in [-0.2, 0) is 6.54 Å². The first-order chi connectivity index (χ1) is 6.61. The maximum Gasteiger partial charge on any atom is 0.0231 e. The average Bonchev–Trinajstić information content (AvgIpc) is 2.01. The molecule has 2 heteroatoms. The van der Waals surface area contributed by atoms with E-state index in [4.69, 9.17) is 5.73 Å². The fraction of sp³-hybridized carbons (Fsp3) is 0.500. The Morgan fingerprint density at radius 1 is 1.14 bits per heavy atom. The first-order valence-corrected chi connectivity index (χ1v) is 5.07. The summed E-state index contributed by atoms with van der Waals surface area (Å²) in [6.45, 7) is 6.94. The summed E-state index contributed by atoms with van der Waals surface area (Å²) in [7, 11) is 2.10. The Morgan fingerprint density at radius 3 is 2.21 bits per heavy atom. The van der Waals surface area contributed by atoms with Crippen molar-refractivity contribution in [2.24, 2.45) is 5.73 Å². The normalized spacial score (nSPS) is 10.9. The van der Waals surface area contributed by atoms with Crippen LogP contribution in [-0.4, -0.2) is 25.0 Å². The second-order valence-electron chi connectivity index (χ2n) is 4.02. The highest BCUT2D eigenvalue weighted by Crippen LogP contribution is 2.10. The standard InChI is InChI=1S/C12H20N2/c1-10-6-11(2)8-12(7-10)9-14(3)5-4-13/h6-8H,4-5,9,13H2,1-3H3. The minimum absolute atomic E-state index is 0.724. The third kappa shape index (κ3) is 3.48. The van der Waals surface area contributed by atoms with E-state index in [0.29, 0.717) is 0 Å². The van der Waals surface area contributed by atoms with Crippen LogP contribution in [0, 0.1) is 13.8 Å². The van der Waals surface area contributed by atoms with Gasteiger partial charge in [-0.1, -0.05) is 29.3 Å². The summed E-state index contributed by atoms with van der Waals surface area (Å²) < 4.78 is 0. The van der Waals surface area contributed by atoms with Crippen molar-refractivity contribution in [3.63, 3.8) is 0 Å². The third-order valence-corrected chi connectivity index (χ3v) is 2.24. The van der Waals surface area contributed by atoms with Crippen molar-refractivity contribution in [2.45, 2.75) is 20.4 Å². The van der Waals surface area contributed by atoms with E-state index < -0.39 is 0 Å². The summed E-state index contributed by atoms with van der Waals surface area (Å²) in [5.74, 6) is 0. The first-order valence-electron chi connectivity index (χ1n) is 5.07. The molecule has 0 saturated heterocycles. The lowest BCUT2D eigenvalue weighted by Crippen LogP contribution is -2.25. The molecule has 2 N–H and O–H groups in total. The van der Waals surface area contributed by atoms with Gasteiger partial charge in [0.2, 0.25) is 0 Å². The molecule has 14 heavy (non-hydrogen) atoms. The topological polar surface area (TPSA) is 29.3 Å². The van der Waals surface area contributed by atoms with Gasteiger partial charge < -0.3 is 10.6 Å². The van der Waals surface area contributed by atoms with E-state index in [1.807, 2.05) is 0 Å². The van der Waals surface area contributed by atoms with E-state index in [1.165, 1.54) is 16.7 Å². The summed E-state index contributed by atoms with van der Waals surface area (Å²) in [5, 5.41) is 0. The molecule has 0 atom stereocenters. The molecule has 2 nitrogen and oxygen atoms in total. The predicted octanol–water partition coefficient (Wildman–Crippen LogP) is 1.69. The van der Waals surface area contributed by atoms with E-state index in [0.717, 1.165) is 19.6 Å². The quantitative estimate of drug-likeness (QED) is 0.786. The van der Waals surface area contributed by atoms with Gasteiger partial charge in [-0.05, 0) is 26.5 Å². The maximum absolute atomic E-state index is 5.50. The number of benzene rings is 1. The maximum atomic E-state index is 5.50. The fourth-order valence-corrected chi connectivity index (χ4v) is 1.77. The summed E-state index contributed by atoms with van der Waals surface area (Å²) in [5.41, 5.74) is 9.54. The van der Waals surface area contributed by atoms with Crippen molar-refractivity contribution < 1.29 is 0 Å². The monoisotopic (exact) mass is 192 g/mol. The van der Waals surface area contributed by atoms with Crippen molar-refractivity contribution in [2.75, 3.05) is 20.1 Å². The summed E-state index contributed by atoms with van der Waals surface area (Å²) in [6.07, 6.45) is 0. The van der Waals surface area contributed by atoms with E-state index in [1.54, 1.807) is 0 Å². The van der Waals surface area contributed by atoms with Crippen LogP contribution in [0.5, 0.6) is 0 Å². The van der Waals surface area contributed by atoms with Crippen LogP contribution in [0.4, 0.5) is 0 Å². The Labute approximate surface area is 86.7 Å². The highest BCUT2D eigenvalue weighted by molar-refractivity contribution is 5.28. The van der Waals surface area contributed by atoms with Gasteiger partial charge in [-0.25, -0.2) is 0 Å². The minimum Gasteiger partial charge on any atom is -0.329 e. The lowest BCUT2D eigenvalue weighted by molar-refractivity contribution is 0.336. The predicted molar refractivity (Wildman–Crippen MR) is 61.3 cm³/mol. The number of aryl methyl sites for hydroxylation is 2. The van der Waals surface area contributed by atoms with Gasteiger partial charge in [-0.3, -0.25) is 0 Å². The Bertz CT molecular complexity index is 274. The number of nitrogens with two attached hydrogens (primary N) is 1. The molecule has 0 unspecified atom stereocenters. The SMILES string of the molecule is Cc1cc(C)cc(CN(C)CCN)c1. The molecular formula is C12H20N2. The zero-order valence-electron chi connectivity index (χ0n) is 9.38. The van der Waals surface area contributed by atoms with Gasteiger partial charge in [-0.2, -0.15) is 0 Å². The second-order valence-corrected chi connectivity index (χ2v) is 4.02. The number of rotatable bonds is 4. The van der Waals surface area contributed by atoms with Crippen molar-refractivity contribution >= 4 is 0 Å². The molecule has 78 valence electrons. The third-order valence-electron chi connectivity index (χ3n) is 2.24. The molecule has 0 heterocycles. The lowest BCUT2D eigenvalue weighted by Gasteiger charge is -2.16. The van der Waals surface area contributed by atoms with Gasteiger partial charge in [0.25, 0.3) is 0 Å². The van der Waals surface area contributed by atoms with Gasteiger partial charge in [0.1, 0.15) is 0 Å². The lowest BCUT2D eigenvalue weighted by atomic mass is 10.1. The number of likely N-dealkylation sites (N-methyl/N-ethyl adjacent to an activating group) is 1. The van der Waals surface area contributed by atoms with E-state index in [2.05, 4.69) is 44.0 Å². The molecule has 1 rings (SSSR count). The van der Waals surface area contributed by atoms with E-state index in [-0.39, 0.29) is 0 Å². The Balaban J connectivity index is 2.66. The molecular weight excluding hydrogens is 172 g/mol. The second kappa shape index (κ2) is 5.13. The average molecular weight is 192 g/mol. The van der Waals surface area contributed by atoms with Gasteiger partial charge in [0, 0.05) is 19.6 Å². The molecule has 0 aromatic heterocycles. The summed E-state index contributed by atoms with van der Waals surface area (Å²) in [6, 6.07) is 6.67. The number of nitrogens with zero attached hydrogens (tertiary/aromatic N) is 1. The van der Waals surface area contributed by atoms with Gasteiger partial charge in [0.15, 0.2) is 0 Å². The molecule has 1 aromatic carbocycles. The molecule has 1 aromatic rings. The Kier molecular flexibility index (Phi) is 4.11. The Hall–Kier alpha value is -0.860. The molecule has 0 spiro atoms. The molecule has 0 aliphatic carbocycles. The van der Waals surface area contributed by atoms with Crippen molar-refractivity contribution in [3.05, 3.63) is 34.9 Å². The summed E-state index contributed by atoms with van der Waals surface area (Å²) >= 11 is 0. The Morgan fingerprint density at radius 2 is 1.71 bits per heavy atom. The summed E-state index contributed by atoms with van der Waals surface area (Å²) in [4.78, 5) is 2.24. The van der Waals surface area contributed by atoms with E-state index in [9.17, 15) is 0 Å². The van der Waals surface area contributed by atoms with Gasteiger partial charge in [0.05, 0.1) is 0 Å². The number of hydrogen-bond acceptors (Lipinski definition) is 2. The molecule has 0 aliphatic heterocycles. The van der Waals surface area contributed by atoms with Crippen molar-refractivity contribution in [1.29, 1.82) is 0 Å². The van der Waals surface area contributed by atoms with Gasteiger partial charge in [-0.15, -0.1) is 0 Å². The fourth-order valence-electron chi connectivity index (χ4n) is 1.77. The van der Waals surface area contributed by atoms with Crippen LogP contribution in [0.1, 0.15) is 16.7 Å². The molecule has 0 aliphatic rings. The largest absolute Gasteiger partial charge is 0.329 e. The highest BCUT2D eigenvalue weighted by atomic mass is 15.1. The number of hydrogen-bond donors (Lipinski definition) is 1. The van der Waals surface area contributed by atoms with Crippen molar-refractivity contribution in [1.82, 2.24) is 4.90 Å². The smallest absolute Gasteiger partial charge is 0.0231 e. The highest BCUT2D eigenvalue weighted by Gasteiger charge is 2.00. The van der Waals surface area contributed by atoms with E-state index >= 15 is 0 Å². The van der Waals surface area contributed by atoms with Crippen LogP contribution in [0.25, 0.3) is 0 Å². The van der Waals surface area contributed by atoms with Crippen LogP contribution >= 0.6 is 0 Å². The molecule has 0 saturated carbocycles. The van der Waals surface area contributed by atoms with Gasteiger partial charge >= 0.3 is 0 Å². The van der Waals surface area contributed by atoms with Crippen molar-refractivity contribution in [3.8, 4) is 0 Å². The van der Waals surface area contributed by atoms with Crippen LogP contribution < -0.4 is 5.73 Å². The van der Waals surface area contributed by atoms with Crippen LogP contribution in [0.15, 0.2) is 18.2 Å². The zero-order chi connectivity index (χ0) is 10.6. The van der Waals surface area contributed by atoms with Crippen LogP contribution in [0.3, 0.4) is 0 Å². The zero-order valence-corrected chi connectivity index (χ0v) is 9.38.